The fraction of sp³-hybridized carbons (Fsp3) is 0.0952. The van der Waals surface area contributed by atoms with Crippen molar-refractivity contribution in [3.8, 4) is 16.9 Å². The van der Waals surface area contributed by atoms with E-state index >= 15 is 0 Å². The van der Waals surface area contributed by atoms with Crippen molar-refractivity contribution in [2.75, 3.05) is 5.32 Å². The fourth-order valence-electron chi connectivity index (χ4n) is 3.73. The number of aromatic hydroxyl groups is 1. The van der Waals surface area contributed by atoms with Crippen molar-refractivity contribution in [2.24, 2.45) is 0 Å². The minimum absolute atomic E-state index is 0.0142. The second-order valence-corrected chi connectivity index (χ2v) is 6.49. The van der Waals surface area contributed by atoms with Crippen molar-refractivity contribution in [3.63, 3.8) is 0 Å². The molecule has 2 aromatic carbocycles. The molecule has 0 aliphatic carbocycles. The van der Waals surface area contributed by atoms with Crippen molar-refractivity contribution in [3.05, 3.63) is 77.6 Å². The minimum Gasteiger partial charge on any atom is -0.508 e. The Hall–Kier alpha value is -3.27. The van der Waals surface area contributed by atoms with Gasteiger partial charge < -0.3 is 15.4 Å². The van der Waals surface area contributed by atoms with Gasteiger partial charge in [0.15, 0.2) is 0 Å². The molecule has 25 heavy (non-hydrogen) atoms. The first kappa shape index (κ1) is 14.1. The van der Waals surface area contributed by atoms with E-state index in [0.29, 0.717) is 5.75 Å². The van der Waals surface area contributed by atoms with Crippen molar-refractivity contribution in [1.82, 2.24) is 9.97 Å². The zero-order valence-corrected chi connectivity index (χ0v) is 13.7. The van der Waals surface area contributed by atoms with E-state index in [4.69, 9.17) is 0 Å². The quantitative estimate of drug-likeness (QED) is 0.472. The van der Waals surface area contributed by atoms with Crippen LogP contribution >= 0.6 is 0 Å². The van der Waals surface area contributed by atoms with Gasteiger partial charge in [-0.1, -0.05) is 24.3 Å². The first-order valence-corrected chi connectivity index (χ1v) is 8.34. The number of hydrogen-bond donors (Lipinski definition) is 3. The van der Waals surface area contributed by atoms with Crippen LogP contribution in [-0.2, 0) is 0 Å². The highest BCUT2D eigenvalue weighted by atomic mass is 16.3. The molecule has 1 aliphatic heterocycles. The molecular weight excluding hydrogens is 310 g/mol. The molecule has 122 valence electrons. The molecular formula is C21H17N3O. The number of phenolic OH excluding ortho intramolecular Hbond substituents is 1. The third-order valence-corrected chi connectivity index (χ3v) is 4.99. The molecule has 4 aromatic rings. The van der Waals surface area contributed by atoms with E-state index in [0.717, 1.165) is 27.8 Å². The maximum atomic E-state index is 9.89. The Labute approximate surface area is 145 Å². The van der Waals surface area contributed by atoms with Gasteiger partial charge in [-0.15, -0.1) is 0 Å². The second-order valence-electron chi connectivity index (χ2n) is 6.49. The summed E-state index contributed by atoms with van der Waals surface area (Å²) in [7, 11) is 0. The maximum absolute atomic E-state index is 9.89. The molecule has 0 saturated heterocycles. The zero-order valence-electron chi connectivity index (χ0n) is 13.7. The van der Waals surface area contributed by atoms with E-state index in [2.05, 4.69) is 39.6 Å². The Kier molecular flexibility index (Phi) is 2.88. The number of phenols is 1. The van der Waals surface area contributed by atoms with E-state index in [1.807, 2.05) is 37.5 Å². The lowest BCUT2D eigenvalue weighted by molar-refractivity contribution is 0.471. The van der Waals surface area contributed by atoms with Crippen LogP contribution in [0.3, 0.4) is 0 Å². The largest absolute Gasteiger partial charge is 0.508 e. The molecule has 3 N–H and O–H groups in total. The van der Waals surface area contributed by atoms with Crippen LogP contribution in [0.5, 0.6) is 5.75 Å². The Bertz CT molecular complexity index is 1110. The monoisotopic (exact) mass is 327 g/mol. The smallest absolute Gasteiger partial charge is 0.138 e. The molecule has 0 amide bonds. The normalized spacial score (nSPS) is 15.5. The fourth-order valence-corrected chi connectivity index (χ4v) is 3.73. The lowest BCUT2D eigenvalue weighted by Crippen LogP contribution is -2.11. The standard InChI is InChI=1S/C21H17N3O/c1-12-10-13(6-7-18(12)25)20-16-11-23-21-19(16)15(8-9-22-21)14-4-2-3-5-17(14)24-20/h2-11,20,24-25H,1H3,(H,22,23). The molecule has 0 fully saturated rings. The highest BCUT2D eigenvalue weighted by Gasteiger charge is 2.26. The van der Waals surface area contributed by atoms with E-state index in [9.17, 15) is 5.11 Å². The van der Waals surface area contributed by atoms with Crippen molar-refractivity contribution >= 4 is 16.7 Å². The summed E-state index contributed by atoms with van der Waals surface area (Å²) in [5, 5.41) is 14.7. The highest BCUT2D eigenvalue weighted by Crippen LogP contribution is 2.43. The van der Waals surface area contributed by atoms with Crippen LogP contribution in [-0.4, -0.2) is 15.1 Å². The molecule has 2 aromatic heterocycles. The number of para-hydroxylation sites is 1. The molecule has 3 heterocycles. The summed E-state index contributed by atoms with van der Waals surface area (Å²) in [5.74, 6) is 0.319. The van der Waals surface area contributed by atoms with Crippen LogP contribution in [0, 0.1) is 6.92 Å². The molecule has 4 nitrogen and oxygen atoms in total. The van der Waals surface area contributed by atoms with Crippen molar-refractivity contribution < 1.29 is 5.11 Å². The van der Waals surface area contributed by atoms with Gasteiger partial charge in [-0.25, -0.2) is 4.98 Å². The topological polar surface area (TPSA) is 60.9 Å². The summed E-state index contributed by atoms with van der Waals surface area (Å²) in [6, 6.07) is 16.2. The molecule has 0 bridgehead atoms. The van der Waals surface area contributed by atoms with Gasteiger partial charge in [-0.2, -0.15) is 0 Å². The molecule has 1 unspecified atom stereocenters. The maximum Gasteiger partial charge on any atom is 0.138 e. The van der Waals surface area contributed by atoms with Crippen LogP contribution < -0.4 is 5.32 Å². The average Bonchev–Trinajstić information content (AvgIpc) is 3.00. The van der Waals surface area contributed by atoms with Crippen molar-refractivity contribution in [2.45, 2.75) is 13.0 Å². The Morgan fingerprint density at radius 3 is 2.80 bits per heavy atom. The molecule has 0 saturated carbocycles. The SMILES string of the molecule is Cc1cc(C2Nc3ccccc3-c3ccnc4[nH]cc2c34)ccc1O. The summed E-state index contributed by atoms with van der Waals surface area (Å²) in [4.78, 5) is 7.80. The number of benzene rings is 2. The van der Waals surface area contributed by atoms with Gasteiger partial charge in [-0.05, 0) is 47.9 Å². The van der Waals surface area contributed by atoms with Crippen LogP contribution in [0.15, 0.2) is 60.9 Å². The number of aromatic amines is 1. The summed E-state index contributed by atoms with van der Waals surface area (Å²) < 4.78 is 0. The number of hydrogen-bond acceptors (Lipinski definition) is 3. The van der Waals surface area contributed by atoms with Gasteiger partial charge in [0.05, 0.1) is 6.04 Å². The van der Waals surface area contributed by atoms with Gasteiger partial charge in [0, 0.05) is 34.6 Å². The average molecular weight is 327 g/mol. The molecule has 4 heteroatoms. The number of nitrogens with zero attached hydrogens (tertiary/aromatic N) is 1. The molecule has 1 aliphatic rings. The van der Waals surface area contributed by atoms with Crippen LogP contribution in [0.4, 0.5) is 5.69 Å². The van der Waals surface area contributed by atoms with E-state index in [1.54, 1.807) is 6.07 Å². The number of nitrogens with one attached hydrogen (secondary N) is 2. The van der Waals surface area contributed by atoms with E-state index < -0.39 is 0 Å². The van der Waals surface area contributed by atoms with E-state index in [-0.39, 0.29) is 6.04 Å². The Balaban J connectivity index is 1.83. The summed E-state index contributed by atoms with van der Waals surface area (Å²) in [5.41, 5.74) is 7.50. The highest BCUT2D eigenvalue weighted by molar-refractivity contribution is 6.01. The molecule has 0 spiro atoms. The molecule has 0 radical (unpaired) electrons. The van der Waals surface area contributed by atoms with Gasteiger partial charge in [0.2, 0.25) is 0 Å². The summed E-state index contributed by atoms with van der Waals surface area (Å²) in [6.07, 6.45) is 3.88. The van der Waals surface area contributed by atoms with Gasteiger partial charge in [0.1, 0.15) is 11.4 Å². The first-order chi connectivity index (χ1) is 12.2. The van der Waals surface area contributed by atoms with Gasteiger partial charge >= 0.3 is 0 Å². The number of H-pyrrole nitrogens is 1. The third kappa shape index (κ3) is 2.04. The number of rotatable bonds is 1. The lowest BCUT2D eigenvalue weighted by Gasteiger charge is -2.20. The summed E-state index contributed by atoms with van der Waals surface area (Å²) in [6.45, 7) is 1.92. The lowest BCUT2D eigenvalue weighted by atomic mass is 9.96. The van der Waals surface area contributed by atoms with Crippen LogP contribution in [0.25, 0.3) is 22.2 Å². The first-order valence-electron chi connectivity index (χ1n) is 8.34. The van der Waals surface area contributed by atoms with Gasteiger partial charge in [0.25, 0.3) is 0 Å². The minimum atomic E-state index is -0.0142. The Morgan fingerprint density at radius 1 is 1.04 bits per heavy atom. The number of anilines is 1. The Morgan fingerprint density at radius 2 is 1.92 bits per heavy atom. The van der Waals surface area contributed by atoms with Gasteiger partial charge in [-0.3, -0.25) is 0 Å². The summed E-state index contributed by atoms with van der Waals surface area (Å²) >= 11 is 0. The third-order valence-electron chi connectivity index (χ3n) is 4.99. The number of aryl methyl sites for hydroxylation is 1. The predicted molar refractivity (Wildman–Crippen MR) is 99.8 cm³/mol. The van der Waals surface area contributed by atoms with E-state index in [1.165, 1.54) is 16.7 Å². The van der Waals surface area contributed by atoms with Crippen LogP contribution in [0.1, 0.15) is 22.7 Å². The molecule has 1 atom stereocenters. The second kappa shape index (κ2) is 5.11. The zero-order chi connectivity index (χ0) is 17.0. The number of pyridine rings is 1. The van der Waals surface area contributed by atoms with Crippen molar-refractivity contribution in [1.29, 1.82) is 0 Å². The van der Waals surface area contributed by atoms with Crippen LogP contribution in [0.2, 0.25) is 0 Å². The molecule has 5 rings (SSSR count). The number of aromatic nitrogens is 2. The predicted octanol–water partition coefficient (Wildman–Crippen LogP) is 4.76. The number of fused-ring (bicyclic) bond motifs is 2.